The molecule has 1 N–H and O–H groups in total. The fraction of sp³-hybridized carbons (Fsp3) is 0.273. The molecular weight excluding hydrogens is 207 g/mol. The van der Waals surface area contributed by atoms with E-state index < -0.39 is 0 Å². The molecule has 4 nitrogen and oxygen atoms in total. The molecule has 2 heterocycles. The van der Waals surface area contributed by atoms with Crippen molar-refractivity contribution in [1.82, 2.24) is 14.8 Å². The Labute approximate surface area is 93.1 Å². The number of rotatable bonds is 3. The molecule has 0 saturated heterocycles. The first-order valence-corrected chi connectivity index (χ1v) is 5.03. The van der Waals surface area contributed by atoms with E-state index in [9.17, 15) is 4.39 Å². The molecule has 2 rings (SSSR count). The van der Waals surface area contributed by atoms with Crippen molar-refractivity contribution in [2.24, 2.45) is 7.05 Å². The Morgan fingerprint density at radius 3 is 2.88 bits per heavy atom. The van der Waals surface area contributed by atoms with Crippen LogP contribution in [0.4, 0.5) is 10.2 Å². The molecule has 2 aromatic heterocycles. The smallest absolute Gasteiger partial charge is 0.165 e. The van der Waals surface area contributed by atoms with Crippen LogP contribution in [0, 0.1) is 5.82 Å². The Balaban J connectivity index is 2.13. The van der Waals surface area contributed by atoms with Crippen LogP contribution in [0.5, 0.6) is 0 Å². The maximum atomic E-state index is 13.3. The maximum absolute atomic E-state index is 13.3. The van der Waals surface area contributed by atoms with Crippen LogP contribution in [0.2, 0.25) is 0 Å². The van der Waals surface area contributed by atoms with Crippen LogP contribution in [-0.4, -0.2) is 14.8 Å². The van der Waals surface area contributed by atoms with Crippen molar-refractivity contribution in [3.63, 3.8) is 0 Å². The fourth-order valence-electron chi connectivity index (χ4n) is 1.43. The topological polar surface area (TPSA) is 42.7 Å². The average Bonchev–Trinajstić information content (AvgIpc) is 2.68. The molecule has 2 aromatic rings. The van der Waals surface area contributed by atoms with Gasteiger partial charge < -0.3 is 5.32 Å². The number of nitrogens with zero attached hydrogens (tertiary/aromatic N) is 3. The molecule has 0 aromatic carbocycles. The third-order valence-electron chi connectivity index (χ3n) is 2.29. The van der Waals surface area contributed by atoms with Crippen molar-refractivity contribution in [2.45, 2.75) is 13.0 Å². The summed E-state index contributed by atoms with van der Waals surface area (Å²) < 4.78 is 15.0. The zero-order valence-corrected chi connectivity index (χ0v) is 9.18. The Morgan fingerprint density at radius 1 is 1.44 bits per heavy atom. The maximum Gasteiger partial charge on any atom is 0.165 e. The summed E-state index contributed by atoms with van der Waals surface area (Å²) >= 11 is 0. The summed E-state index contributed by atoms with van der Waals surface area (Å²) in [7, 11) is 1.84. The van der Waals surface area contributed by atoms with Crippen LogP contribution in [0.3, 0.4) is 0 Å². The largest absolute Gasteiger partial charge is 0.359 e. The quantitative estimate of drug-likeness (QED) is 0.861. The van der Waals surface area contributed by atoms with Crippen LogP contribution in [0.1, 0.15) is 18.7 Å². The SMILES string of the molecule is CC(Nc1ncccc1F)c1ccn(C)n1. The van der Waals surface area contributed by atoms with Gasteiger partial charge >= 0.3 is 0 Å². The molecule has 0 aliphatic heterocycles. The monoisotopic (exact) mass is 220 g/mol. The second-order valence-corrected chi connectivity index (χ2v) is 3.61. The van der Waals surface area contributed by atoms with Crippen LogP contribution in [-0.2, 0) is 7.05 Å². The molecule has 0 radical (unpaired) electrons. The molecule has 84 valence electrons. The highest BCUT2D eigenvalue weighted by Gasteiger charge is 2.10. The highest BCUT2D eigenvalue weighted by atomic mass is 19.1. The van der Waals surface area contributed by atoms with E-state index in [1.54, 1.807) is 16.9 Å². The number of aryl methyl sites for hydroxylation is 1. The van der Waals surface area contributed by atoms with Crippen molar-refractivity contribution < 1.29 is 4.39 Å². The Hall–Kier alpha value is -1.91. The Morgan fingerprint density at radius 2 is 2.25 bits per heavy atom. The summed E-state index contributed by atoms with van der Waals surface area (Å²) in [6.45, 7) is 1.91. The molecule has 5 heteroatoms. The highest BCUT2D eigenvalue weighted by Crippen LogP contribution is 2.17. The molecule has 0 bridgehead atoms. The summed E-state index contributed by atoms with van der Waals surface area (Å²) in [5.74, 6) is -0.106. The van der Waals surface area contributed by atoms with E-state index in [0.717, 1.165) is 5.69 Å². The minimum Gasteiger partial charge on any atom is -0.359 e. The highest BCUT2D eigenvalue weighted by molar-refractivity contribution is 5.37. The molecule has 0 aliphatic rings. The Kier molecular flexibility index (Phi) is 2.85. The van der Waals surface area contributed by atoms with Gasteiger partial charge in [0.15, 0.2) is 11.6 Å². The van der Waals surface area contributed by atoms with Crippen LogP contribution in [0.25, 0.3) is 0 Å². The van der Waals surface area contributed by atoms with E-state index in [-0.39, 0.29) is 17.7 Å². The van der Waals surface area contributed by atoms with Gasteiger partial charge in [-0.1, -0.05) is 0 Å². The minimum absolute atomic E-state index is 0.0781. The van der Waals surface area contributed by atoms with E-state index in [4.69, 9.17) is 0 Å². The summed E-state index contributed by atoms with van der Waals surface area (Å²) in [6, 6.07) is 4.75. The number of halogens is 1. The lowest BCUT2D eigenvalue weighted by atomic mass is 10.2. The van der Waals surface area contributed by atoms with Gasteiger partial charge in [0.1, 0.15) is 0 Å². The number of nitrogens with one attached hydrogen (secondary N) is 1. The standard InChI is InChI=1S/C11H13FN4/c1-8(10-5-7-16(2)15-10)14-11-9(12)4-3-6-13-11/h3-8H,1-2H3,(H,13,14). The number of hydrogen-bond donors (Lipinski definition) is 1. The zero-order valence-electron chi connectivity index (χ0n) is 9.18. The minimum atomic E-state index is -0.356. The lowest BCUT2D eigenvalue weighted by Crippen LogP contribution is -2.10. The predicted octanol–water partition coefficient (Wildman–Crippen LogP) is 2.13. The van der Waals surface area contributed by atoms with Crippen molar-refractivity contribution in [3.05, 3.63) is 42.1 Å². The third-order valence-corrected chi connectivity index (χ3v) is 2.29. The molecule has 0 spiro atoms. The van der Waals surface area contributed by atoms with Gasteiger partial charge in [-0.05, 0) is 25.1 Å². The van der Waals surface area contributed by atoms with Crippen molar-refractivity contribution in [2.75, 3.05) is 5.32 Å². The van der Waals surface area contributed by atoms with Gasteiger partial charge in [-0.2, -0.15) is 5.10 Å². The van der Waals surface area contributed by atoms with Gasteiger partial charge in [0, 0.05) is 19.4 Å². The van der Waals surface area contributed by atoms with E-state index in [0.29, 0.717) is 0 Å². The molecule has 1 atom stereocenters. The number of pyridine rings is 1. The molecule has 0 fully saturated rings. The van der Waals surface area contributed by atoms with Crippen LogP contribution >= 0.6 is 0 Å². The van der Waals surface area contributed by atoms with Gasteiger partial charge in [0.2, 0.25) is 0 Å². The lowest BCUT2D eigenvalue weighted by Gasteiger charge is -2.12. The number of anilines is 1. The van der Waals surface area contributed by atoms with E-state index >= 15 is 0 Å². The van der Waals surface area contributed by atoms with Crippen LogP contribution < -0.4 is 5.32 Å². The van der Waals surface area contributed by atoms with E-state index in [1.807, 2.05) is 26.2 Å². The first kappa shape index (κ1) is 10.6. The molecule has 1 unspecified atom stereocenters. The molecule has 0 saturated carbocycles. The van der Waals surface area contributed by atoms with Gasteiger partial charge in [0.05, 0.1) is 11.7 Å². The molecule has 0 amide bonds. The zero-order chi connectivity index (χ0) is 11.5. The van der Waals surface area contributed by atoms with Gasteiger partial charge in [-0.15, -0.1) is 0 Å². The van der Waals surface area contributed by atoms with Gasteiger partial charge in [-0.3, -0.25) is 4.68 Å². The summed E-state index contributed by atoms with van der Waals surface area (Å²) in [5, 5.41) is 7.22. The van der Waals surface area contributed by atoms with E-state index in [1.165, 1.54) is 6.07 Å². The predicted molar refractivity (Wildman–Crippen MR) is 59.4 cm³/mol. The summed E-state index contributed by atoms with van der Waals surface area (Å²) in [5.41, 5.74) is 0.854. The number of aromatic nitrogens is 3. The first-order valence-electron chi connectivity index (χ1n) is 5.03. The summed E-state index contributed by atoms with van der Waals surface area (Å²) in [4.78, 5) is 3.93. The van der Waals surface area contributed by atoms with Gasteiger partial charge in [0.25, 0.3) is 0 Å². The first-order chi connectivity index (χ1) is 7.66. The molecule has 0 aliphatic carbocycles. The van der Waals surface area contributed by atoms with Crippen molar-refractivity contribution in [1.29, 1.82) is 0 Å². The normalized spacial score (nSPS) is 12.4. The van der Waals surface area contributed by atoms with E-state index in [2.05, 4.69) is 15.4 Å². The lowest BCUT2D eigenvalue weighted by molar-refractivity contribution is 0.619. The molecule has 16 heavy (non-hydrogen) atoms. The third kappa shape index (κ3) is 2.18. The van der Waals surface area contributed by atoms with Crippen molar-refractivity contribution in [3.8, 4) is 0 Å². The fourth-order valence-corrected chi connectivity index (χ4v) is 1.43. The second kappa shape index (κ2) is 4.30. The van der Waals surface area contributed by atoms with Crippen LogP contribution in [0.15, 0.2) is 30.6 Å². The second-order valence-electron chi connectivity index (χ2n) is 3.61. The average molecular weight is 220 g/mol. The van der Waals surface area contributed by atoms with Gasteiger partial charge in [-0.25, -0.2) is 9.37 Å². The molecular formula is C11H13FN4. The Bertz CT molecular complexity index is 480. The summed E-state index contributed by atoms with van der Waals surface area (Å²) in [6.07, 6.45) is 3.40. The number of hydrogen-bond acceptors (Lipinski definition) is 3. The van der Waals surface area contributed by atoms with Crippen molar-refractivity contribution >= 4 is 5.82 Å².